The van der Waals surface area contributed by atoms with Gasteiger partial charge in [0.25, 0.3) is 0 Å². The lowest BCUT2D eigenvalue weighted by atomic mass is 9.77. The molecule has 2 unspecified atom stereocenters. The third-order valence-electron chi connectivity index (χ3n) is 5.91. The molecule has 0 saturated carbocycles. The van der Waals surface area contributed by atoms with Crippen molar-refractivity contribution in [1.82, 2.24) is 0 Å². The van der Waals surface area contributed by atoms with Crippen molar-refractivity contribution in [3.05, 3.63) is 70.8 Å². The predicted octanol–water partition coefficient (Wildman–Crippen LogP) is 9.24. The first kappa shape index (κ1) is 27.4. The van der Waals surface area contributed by atoms with Crippen LogP contribution in [0.5, 0.6) is 0 Å². The SMILES string of the molecule is CC.CC.CCC(C)Cc1ccc(C(C)(C)c2ccc(CC(C)CC)cc2)cc1. The van der Waals surface area contributed by atoms with Crippen molar-refractivity contribution < 1.29 is 0 Å². The van der Waals surface area contributed by atoms with Gasteiger partial charge in [-0.25, -0.2) is 0 Å². The van der Waals surface area contributed by atoms with Gasteiger partial charge < -0.3 is 0 Å². The summed E-state index contributed by atoms with van der Waals surface area (Å²) in [5.41, 5.74) is 5.75. The second-order valence-corrected chi connectivity index (χ2v) is 8.45. The Hall–Kier alpha value is -1.56. The smallest absolute Gasteiger partial charge is 0.0146 e. The highest BCUT2D eigenvalue weighted by molar-refractivity contribution is 5.39. The molecule has 2 aromatic carbocycles. The Labute approximate surface area is 183 Å². The fraction of sp³-hybridized carbons (Fsp3) is 0.586. The maximum atomic E-state index is 2.33. The average Bonchev–Trinajstić information content (AvgIpc) is 2.77. The van der Waals surface area contributed by atoms with Crippen LogP contribution in [0.25, 0.3) is 0 Å². The van der Waals surface area contributed by atoms with Crippen LogP contribution in [0, 0.1) is 11.8 Å². The molecule has 0 spiro atoms. The van der Waals surface area contributed by atoms with Crippen molar-refractivity contribution >= 4 is 0 Å². The van der Waals surface area contributed by atoms with E-state index in [-0.39, 0.29) is 5.41 Å². The quantitative estimate of drug-likeness (QED) is 0.417. The molecule has 2 rings (SSSR count). The van der Waals surface area contributed by atoms with Gasteiger partial charge in [-0.05, 0) is 46.9 Å². The third-order valence-corrected chi connectivity index (χ3v) is 5.91. The predicted molar refractivity (Wildman–Crippen MR) is 134 cm³/mol. The van der Waals surface area contributed by atoms with E-state index < -0.39 is 0 Å². The monoisotopic (exact) mass is 396 g/mol. The Bertz CT molecular complexity index is 573. The summed E-state index contributed by atoms with van der Waals surface area (Å²) in [5, 5.41) is 0. The van der Waals surface area contributed by atoms with Crippen molar-refractivity contribution in [2.24, 2.45) is 11.8 Å². The molecular weight excluding hydrogens is 348 g/mol. The van der Waals surface area contributed by atoms with Crippen molar-refractivity contribution in [3.8, 4) is 0 Å². The molecule has 29 heavy (non-hydrogen) atoms. The minimum absolute atomic E-state index is 0.0454. The highest BCUT2D eigenvalue weighted by atomic mass is 14.3. The summed E-state index contributed by atoms with van der Waals surface area (Å²) in [6.45, 7) is 21.9. The second kappa shape index (κ2) is 14.4. The molecule has 2 atom stereocenters. The zero-order valence-corrected chi connectivity index (χ0v) is 21.1. The maximum absolute atomic E-state index is 2.33. The molecule has 0 saturated heterocycles. The Morgan fingerprint density at radius 3 is 1.10 bits per heavy atom. The maximum Gasteiger partial charge on any atom is 0.0146 e. The van der Waals surface area contributed by atoms with Gasteiger partial charge in [0, 0.05) is 5.41 Å². The fourth-order valence-electron chi connectivity index (χ4n) is 3.38. The minimum atomic E-state index is 0.0454. The van der Waals surface area contributed by atoms with Gasteiger partial charge in [-0.1, -0.05) is 131 Å². The first-order valence-electron chi connectivity index (χ1n) is 12.1. The molecule has 0 aliphatic heterocycles. The summed E-state index contributed by atoms with van der Waals surface area (Å²) in [6.07, 6.45) is 4.86. The Kier molecular flexibility index (Phi) is 13.7. The van der Waals surface area contributed by atoms with Crippen LogP contribution in [-0.2, 0) is 18.3 Å². The van der Waals surface area contributed by atoms with Gasteiger partial charge in [0.1, 0.15) is 0 Å². The number of hydrogen-bond acceptors (Lipinski definition) is 0. The molecule has 0 fully saturated rings. The zero-order valence-electron chi connectivity index (χ0n) is 21.1. The van der Waals surface area contributed by atoms with Gasteiger partial charge >= 0.3 is 0 Å². The molecular formula is C29H48. The van der Waals surface area contributed by atoms with Crippen LogP contribution in [0.4, 0.5) is 0 Å². The van der Waals surface area contributed by atoms with Gasteiger partial charge in [-0.15, -0.1) is 0 Å². The first-order chi connectivity index (χ1) is 13.9. The normalized spacial score (nSPS) is 12.8. The van der Waals surface area contributed by atoms with Crippen LogP contribution in [0.3, 0.4) is 0 Å². The first-order valence-corrected chi connectivity index (χ1v) is 12.1. The van der Waals surface area contributed by atoms with E-state index in [1.807, 2.05) is 27.7 Å². The van der Waals surface area contributed by atoms with E-state index in [1.165, 1.54) is 47.9 Å². The van der Waals surface area contributed by atoms with Crippen LogP contribution < -0.4 is 0 Å². The highest BCUT2D eigenvalue weighted by Crippen LogP contribution is 2.32. The van der Waals surface area contributed by atoms with Crippen LogP contribution in [0.1, 0.15) is 104 Å². The summed E-state index contributed by atoms with van der Waals surface area (Å²) in [4.78, 5) is 0. The van der Waals surface area contributed by atoms with Gasteiger partial charge in [-0.3, -0.25) is 0 Å². The molecule has 0 heteroatoms. The van der Waals surface area contributed by atoms with E-state index in [9.17, 15) is 0 Å². The molecule has 0 radical (unpaired) electrons. The van der Waals surface area contributed by atoms with Gasteiger partial charge in [-0.2, -0.15) is 0 Å². The number of hydrogen-bond donors (Lipinski definition) is 0. The summed E-state index contributed by atoms with van der Waals surface area (Å²) in [7, 11) is 0. The lowest BCUT2D eigenvalue weighted by Gasteiger charge is -2.27. The van der Waals surface area contributed by atoms with Crippen molar-refractivity contribution in [1.29, 1.82) is 0 Å². The molecule has 0 aliphatic carbocycles. The van der Waals surface area contributed by atoms with Gasteiger partial charge in [0.15, 0.2) is 0 Å². The topological polar surface area (TPSA) is 0 Å². The van der Waals surface area contributed by atoms with Gasteiger partial charge in [0.05, 0.1) is 0 Å². The van der Waals surface area contributed by atoms with Crippen LogP contribution in [0.2, 0.25) is 0 Å². The standard InChI is InChI=1S/C25H36.2C2H6/c1-7-19(3)17-21-9-13-23(14-10-21)25(5,6)24-15-11-22(12-16-24)18-20(4)8-2;2*1-2/h9-16,19-20H,7-8,17-18H2,1-6H3;2*1-2H3. The Balaban J connectivity index is 0.00000184. The molecule has 0 N–H and O–H groups in total. The summed E-state index contributed by atoms with van der Waals surface area (Å²) < 4.78 is 0. The van der Waals surface area contributed by atoms with E-state index in [2.05, 4.69) is 90.1 Å². The fourth-order valence-corrected chi connectivity index (χ4v) is 3.38. The van der Waals surface area contributed by atoms with Gasteiger partial charge in [0.2, 0.25) is 0 Å². The molecule has 0 heterocycles. The Morgan fingerprint density at radius 2 is 0.862 bits per heavy atom. The van der Waals surface area contributed by atoms with E-state index in [0.29, 0.717) is 0 Å². The number of rotatable bonds is 8. The van der Waals surface area contributed by atoms with Crippen LogP contribution in [0.15, 0.2) is 48.5 Å². The van der Waals surface area contributed by atoms with E-state index in [1.54, 1.807) is 0 Å². The molecule has 0 bridgehead atoms. The van der Waals surface area contributed by atoms with Crippen LogP contribution in [-0.4, -0.2) is 0 Å². The molecule has 164 valence electrons. The van der Waals surface area contributed by atoms with Crippen molar-refractivity contribution in [2.45, 2.75) is 100 Å². The summed E-state index contributed by atoms with van der Waals surface area (Å²) in [5.74, 6) is 1.52. The average molecular weight is 397 g/mol. The Morgan fingerprint density at radius 1 is 0.586 bits per heavy atom. The van der Waals surface area contributed by atoms with Crippen molar-refractivity contribution in [2.75, 3.05) is 0 Å². The minimum Gasteiger partial charge on any atom is -0.0683 e. The largest absolute Gasteiger partial charge is 0.0683 e. The summed E-state index contributed by atoms with van der Waals surface area (Å²) >= 11 is 0. The van der Waals surface area contributed by atoms with Crippen LogP contribution >= 0.6 is 0 Å². The molecule has 0 aliphatic rings. The number of benzene rings is 2. The second-order valence-electron chi connectivity index (χ2n) is 8.45. The van der Waals surface area contributed by atoms with E-state index in [4.69, 9.17) is 0 Å². The lowest BCUT2D eigenvalue weighted by Crippen LogP contribution is -2.19. The third kappa shape index (κ3) is 8.77. The van der Waals surface area contributed by atoms with Crippen molar-refractivity contribution in [3.63, 3.8) is 0 Å². The molecule has 0 nitrogen and oxygen atoms in total. The molecule has 2 aromatic rings. The molecule has 0 amide bonds. The zero-order chi connectivity index (χ0) is 22.4. The lowest BCUT2D eigenvalue weighted by molar-refractivity contribution is 0.559. The summed E-state index contributed by atoms with van der Waals surface area (Å²) in [6, 6.07) is 18.6. The van der Waals surface area contributed by atoms with E-state index in [0.717, 1.165) is 11.8 Å². The highest BCUT2D eigenvalue weighted by Gasteiger charge is 2.23. The van der Waals surface area contributed by atoms with E-state index >= 15 is 0 Å². The molecule has 0 aromatic heterocycles.